The van der Waals surface area contributed by atoms with Crippen LogP contribution >= 0.6 is 0 Å². The summed E-state index contributed by atoms with van der Waals surface area (Å²) < 4.78 is 0. The van der Waals surface area contributed by atoms with E-state index in [-0.39, 0.29) is 11.8 Å². The molecule has 0 aromatic heterocycles. The highest BCUT2D eigenvalue weighted by atomic mass is 16.2. The average molecular weight is 337 g/mol. The third-order valence-corrected chi connectivity index (χ3v) is 4.74. The lowest BCUT2D eigenvalue weighted by atomic mass is 10.1. The van der Waals surface area contributed by atoms with Crippen LogP contribution in [0.15, 0.2) is 54.6 Å². The van der Waals surface area contributed by atoms with Gasteiger partial charge in [0.25, 0.3) is 0 Å². The van der Waals surface area contributed by atoms with E-state index in [9.17, 15) is 4.79 Å². The summed E-state index contributed by atoms with van der Waals surface area (Å²) in [5, 5.41) is 3.11. The molecular weight excluding hydrogens is 310 g/mol. The normalized spacial score (nSPS) is 15.4. The first-order chi connectivity index (χ1) is 12.2. The molecular formula is C21H27N3O. The number of nitrogens with one attached hydrogen (secondary N) is 1. The second kappa shape index (κ2) is 8.17. The number of carbonyl (C=O) groups is 1. The van der Waals surface area contributed by atoms with Gasteiger partial charge in [-0.15, -0.1) is 0 Å². The Hall–Kier alpha value is -2.33. The smallest absolute Gasteiger partial charge is 0.231 e. The molecule has 0 radical (unpaired) electrons. The predicted octanol–water partition coefficient (Wildman–Crippen LogP) is 3.29. The Balaban J connectivity index is 1.89. The molecule has 3 rings (SSSR count). The topological polar surface area (TPSA) is 35.6 Å². The van der Waals surface area contributed by atoms with Gasteiger partial charge in [-0.25, -0.2) is 0 Å². The Morgan fingerprint density at radius 2 is 1.72 bits per heavy atom. The molecule has 1 heterocycles. The quantitative estimate of drug-likeness (QED) is 0.909. The van der Waals surface area contributed by atoms with Crippen LogP contribution in [0.2, 0.25) is 0 Å². The van der Waals surface area contributed by atoms with Gasteiger partial charge in [-0.1, -0.05) is 49.4 Å². The fraction of sp³-hybridized carbons (Fsp3) is 0.381. The van der Waals surface area contributed by atoms with Crippen LogP contribution in [0.25, 0.3) is 0 Å². The lowest BCUT2D eigenvalue weighted by molar-refractivity contribution is -0.121. The van der Waals surface area contributed by atoms with Crippen LogP contribution in [0.5, 0.6) is 0 Å². The van der Waals surface area contributed by atoms with Crippen molar-refractivity contribution in [2.24, 2.45) is 5.92 Å². The summed E-state index contributed by atoms with van der Waals surface area (Å²) in [7, 11) is 1.89. The van der Waals surface area contributed by atoms with E-state index in [2.05, 4.69) is 52.7 Å². The molecule has 0 spiro atoms. The molecule has 0 aliphatic carbocycles. The molecule has 0 saturated carbocycles. The molecule has 1 atom stereocenters. The van der Waals surface area contributed by atoms with Crippen LogP contribution in [0, 0.1) is 5.92 Å². The van der Waals surface area contributed by atoms with Gasteiger partial charge >= 0.3 is 0 Å². The predicted molar refractivity (Wildman–Crippen MR) is 104 cm³/mol. The molecule has 25 heavy (non-hydrogen) atoms. The molecule has 1 aliphatic heterocycles. The number of benzene rings is 2. The number of carbonyl (C=O) groups excluding carboxylic acids is 1. The number of nitrogens with zero attached hydrogens (tertiary/aromatic N) is 2. The van der Waals surface area contributed by atoms with Crippen LogP contribution in [0.3, 0.4) is 0 Å². The summed E-state index contributed by atoms with van der Waals surface area (Å²) >= 11 is 0. The molecule has 0 fully saturated rings. The van der Waals surface area contributed by atoms with Gasteiger partial charge in [0.05, 0.1) is 11.4 Å². The van der Waals surface area contributed by atoms with Crippen LogP contribution in [-0.4, -0.2) is 32.6 Å². The van der Waals surface area contributed by atoms with Gasteiger partial charge < -0.3 is 15.1 Å². The van der Waals surface area contributed by atoms with E-state index in [4.69, 9.17) is 0 Å². The van der Waals surface area contributed by atoms with Gasteiger partial charge in [0.1, 0.15) is 0 Å². The molecule has 1 aliphatic rings. The average Bonchev–Trinajstić information content (AvgIpc) is 2.82. The van der Waals surface area contributed by atoms with E-state index in [0.717, 1.165) is 37.4 Å². The molecule has 1 unspecified atom stereocenters. The monoisotopic (exact) mass is 337 g/mol. The summed E-state index contributed by atoms with van der Waals surface area (Å²) in [5.41, 5.74) is 3.47. The molecule has 2 aromatic carbocycles. The van der Waals surface area contributed by atoms with Gasteiger partial charge in [0.2, 0.25) is 5.91 Å². The Labute approximate surface area is 150 Å². The molecule has 2 aromatic rings. The first-order valence-electron chi connectivity index (χ1n) is 9.04. The summed E-state index contributed by atoms with van der Waals surface area (Å²) in [6.07, 6.45) is 0.972. The van der Waals surface area contributed by atoms with Crippen molar-refractivity contribution >= 4 is 17.3 Å². The van der Waals surface area contributed by atoms with Crippen molar-refractivity contribution in [3.05, 3.63) is 60.2 Å². The molecule has 4 nitrogen and oxygen atoms in total. The van der Waals surface area contributed by atoms with Gasteiger partial charge in [0.15, 0.2) is 0 Å². The second-order valence-corrected chi connectivity index (χ2v) is 6.70. The number of fused-ring (bicyclic) bond motifs is 1. The standard InChI is InChI=1S/C21H27N3O/c1-17(15-22-2)21(25)24-14-8-13-23(16-18-9-4-3-5-10-18)19-11-6-7-12-20(19)24/h3-7,9-12,17,22H,8,13-16H2,1-2H3. The van der Waals surface area contributed by atoms with Gasteiger partial charge in [0, 0.05) is 32.1 Å². The van der Waals surface area contributed by atoms with Crippen molar-refractivity contribution in [3.63, 3.8) is 0 Å². The summed E-state index contributed by atoms with van der Waals surface area (Å²) in [6, 6.07) is 18.8. The lowest BCUT2D eigenvalue weighted by Gasteiger charge is -2.28. The van der Waals surface area contributed by atoms with Gasteiger partial charge in [-0.2, -0.15) is 0 Å². The largest absolute Gasteiger partial charge is 0.365 e. The van der Waals surface area contributed by atoms with E-state index in [1.807, 2.05) is 31.0 Å². The number of para-hydroxylation sites is 2. The first-order valence-corrected chi connectivity index (χ1v) is 9.04. The zero-order valence-corrected chi connectivity index (χ0v) is 15.1. The third-order valence-electron chi connectivity index (χ3n) is 4.74. The van der Waals surface area contributed by atoms with Crippen molar-refractivity contribution in [2.75, 3.05) is 36.5 Å². The van der Waals surface area contributed by atoms with Crippen LogP contribution in [0.4, 0.5) is 11.4 Å². The van der Waals surface area contributed by atoms with Crippen molar-refractivity contribution in [1.82, 2.24) is 5.32 Å². The van der Waals surface area contributed by atoms with Crippen molar-refractivity contribution < 1.29 is 4.79 Å². The highest BCUT2D eigenvalue weighted by molar-refractivity contribution is 5.98. The zero-order valence-electron chi connectivity index (χ0n) is 15.1. The maximum atomic E-state index is 12.9. The lowest BCUT2D eigenvalue weighted by Crippen LogP contribution is -2.39. The first kappa shape index (κ1) is 17.5. The second-order valence-electron chi connectivity index (χ2n) is 6.70. The van der Waals surface area contributed by atoms with Crippen LogP contribution in [-0.2, 0) is 11.3 Å². The van der Waals surface area contributed by atoms with Crippen LogP contribution < -0.4 is 15.1 Å². The molecule has 1 amide bonds. The number of amides is 1. The minimum Gasteiger partial charge on any atom is -0.365 e. The molecule has 1 N–H and O–H groups in total. The summed E-state index contributed by atoms with van der Waals surface area (Å²) in [5.74, 6) is 0.169. The fourth-order valence-electron chi connectivity index (χ4n) is 3.48. The van der Waals surface area contributed by atoms with Crippen molar-refractivity contribution in [3.8, 4) is 0 Å². The number of hydrogen-bond donors (Lipinski definition) is 1. The van der Waals surface area contributed by atoms with E-state index >= 15 is 0 Å². The van der Waals surface area contributed by atoms with Crippen molar-refractivity contribution in [1.29, 1.82) is 0 Å². The molecule has 0 bridgehead atoms. The van der Waals surface area contributed by atoms with E-state index < -0.39 is 0 Å². The van der Waals surface area contributed by atoms with Gasteiger partial charge in [-0.3, -0.25) is 4.79 Å². The Morgan fingerprint density at radius 3 is 2.44 bits per heavy atom. The number of anilines is 2. The maximum absolute atomic E-state index is 12.9. The fourth-order valence-corrected chi connectivity index (χ4v) is 3.48. The minimum absolute atomic E-state index is 0.0290. The Kier molecular flexibility index (Phi) is 5.71. The highest BCUT2D eigenvalue weighted by Crippen LogP contribution is 2.33. The number of rotatable bonds is 5. The Morgan fingerprint density at radius 1 is 1.04 bits per heavy atom. The van der Waals surface area contributed by atoms with Gasteiger partial charge in [-0.05, 0) is 31.2 Å². The van der Waals surface area contributed by atoms with E-state index in [0.29, 0.717) is 6.54 Å². The summed E-state index contributed by atoms with van der Waals surface area (Å²) in [4.78, 5) is 17.3. The van der Waals surface area contributed by atoms with E-state index in [1.165, 1.54) is 5.56 Å². The number of hydrogen-bond acceptors (Lipinski definition) is 3. The zero-order chi connectivity index (χ0) is 17.6. The molecule has 4 heteroatoms. The Bertz CT molecular complexity index is 701. The van der Waals surface area contributed by atoms with Crippen molar-refractivity contribution in [2.45, 2.75) is 19.9 Å². The SMILES string of the molecule is CNCC(C)C(=O)N1CCCN(Cc2ccccc2)c2ccccc21. The molecule has 0 saturated heterocycles. The highest BCUT2D eigenvalue weighted by Gasteiger charge is 2.27. The van der Waals surface area contributed by atoms with E-state index in [1.54, 1.807) is 0 Å². The third kappa shape index (κ3) is 4.02. The minimum atomic E-state index is -0.0290. The molecule has 132 valence electrons. The van der Waals surface area contributed by atoms with Crippen LogP contribution in [0.1, 0.15) is 18.9 Å². The maximum Gasteiger partial charge on any atom is 0.231 e. The summed E-state index contributed by atoms with van der Waals surface area (Å²) in [6.45, 7) is 5.29.